The molecule has 0 spiro atoms. The van der Waals surface area contributed by atoms with Crippen molar-refractivity contribution in [2.24, 2.45) is 0 Å². The number of thiophene rings is 1. The molecule has 1 aliphatic carbocycles. The van der Waals surface area contributed by atoms with Gasteiger partial charge < -0.3 is 9.84 Å². The predicted octanol–water partition coefficient (Wildman–Crippen LogP) is 4.04. The molecule has 0 aliphatic heterocycles. The molecule has 170 valence electrons. The number of aromatic nitrogens is 2. The molecule has 0 saturated heterocycles. The lowest BCUT2D eigenvalue weighted by atomic mass is 10.2. The zero-order valence-electron chi connectivity index (χ0n) is 17.2. The van der Waals surface area contributed by atoms with Crippen molar-refractivity contribution >= 4 is 38.9 Å². The highest BCUT2D eigenvalue weighted by molar-refractivity contribution is 7.89. The monoisotopic (exact) mass is 494 g/mol. The number of aryl methyl sites for hydroxylation is 1. The third kappa shape index (κ3) is 5.94. The van der Waals surface area contributed by atoms with Crippen LogP contribution in [0.1, 0.15) is 48.4 Å². The number of carbonyl (C=O) groups is 1. The van der Waals surface area contributed by atoms with Gasteiger partial charge in [-0.05, 0) is 55.3 Å². The maximum atomic E-state index is 12.5. The van der Waals surface area contributed by atoms with Gasteiger partial charge in [0.15, 0.2) is 0 Å². The number of carbonyl (C=O) groups excluding carboxylic acids is 1. The minimum absolute atomic E-state index is 0.0389. The Kier molecular flexibility index (Phi) is 7.24. The fourth-order valence-electron chi connectivity index (χ4n) is 3.08. The summed E-state index contributed by atoms with van der Waals surface area (Å²) in [6, 6.07) is 8.14. The second-order valence-corrected chi connectivity index (χ2v) is 10.6. The first-order valence-corrected chi connectivity index (χ1v) is 13.1. The van der Waals surface area contributed by atoms with Crippen LogP contribution in [-0.2, 0) is 16.4 Å². The van der Waals surface area contributed by atoms with Gasteiger partial charge in [0, 0.05) is 24.6 Å². The van der Waals surface area contributed by atoms with Gasteiger partial charge in [-0.15, -0.1) is 11.3 Å². The van der Waals surface area contributed by atoms with Crippen molar-refractivity contribution < 1.29 is 17.7 Å². The Morgan fingerprint density at radius 1 is 1.22 bits per heavy atom. The fraction of sp³-hybridized carbons (Fsp3) is 0.381. The molecule has 0 unspecified atom stereocenters. The highest BCUT2D eigenvalue weighted by Crippen LogP contribution is 2.27. The summed E-state index contributed by atoms with van der Waals surface area (Å²) in [5.74, 6) is 0.883. The van der Waals surface area contributed by atoms with Gasteiger partial charge in [-0.3, -0.25) is 4.79 Å². The minimum Gasteiger partial charge on any atom is -0.352 e. The molecule has 1 amide bonds. The number of nitrogens with one attached hydrogen (secondary N) is 2. The quantitative estimate of drug-likeness (QED) is 0.389. The fourth-order valence-corrected chi connectivity index (χ4v) is 5.56. The highest BCUT2D eigenvalue weighted by Gasteiger charge is 2.29. The van der Waals surface area contributed by atoms with Crippen molar-refractivity contribution in [2.75, 3.05) is 6.54 Å². The summed E-state index contributed by atoms with van der Waals surface area (Å²) in [6.45, 7) is 0.480. The first kappa shape index (κ1) is 22.9. The number of rotatable bonds is 11. The third-order valence-electron chi connectivity index (χ3n) is 4.94. The van der Waals surface area contributed by atoms with Gasteiger partial charge in [0.1, 0.15) is 4.90 Å². The number of benzene rings is 1. The van der Waals surface area contributed by atoms with Crippen LogP contribution in [0.15, 0.2) is 45.1 Å². The molecule has 2 heterocycles. The second-order valence-electron chi connectivity index (χ2n) is 7.60. The van der Waals surface area contributed by atoms with Crippen molar-refractivity contribution in [3.63, 3.8) is 0 Å². The van der Waals surface area contributed by atoms with Gasteiger partial charge in [0.05, 0.1) is 9.90 Å². The number of nitrogens with zero attached hydrogens (tertiary/aromatic N) is 2. The van der Waals surface area contributed by atoms with E-state index >= 15 is 0 Å². The van der Waals surface area contributed by atoms with Crippen molar-refractivity contribution in [1.82, 2.24) is 20.2 Å². The Balaban J connectivity index is 1.21. The summed E-state index contributed by atoms with van der Waals surface area (Å²) in [5.41, 5.74) is 0.262. The van der Waals surface area contributed by atoms with E-state index in [1.54, 1.807) is 11.3 Å². The van der Waals surface area contributed by atoms with Crippen LogP contribution in [0.4, 0.5) is 0 Å². The second kappa shape index (κ2) is 10.1. The number of sulfonamides is 1. The zero-order valence-corrected chi connectivity index (χ0v) is 19.6. The first-order chi connectivity index (χ1) is 15.4. The molecular formula is C21H23ClN4O4S2. The molecule has 0 atom stereocenters. The van der Waals surface area contributed by atoms with Crippen LogP contribution in [0.3, 0.4) is 0 Å². The molecule has 1 saturated carbocycles. The summed E-state index contributed by atoms with van der Waals surface area (Å²) in [4.78, 5) is 17.7. The van der Waals surface area contributed by atoms with Crippen molar-refractivity contribution in [3.8, 4) is 10.7 Å². The molecular weight excluding hydrogens is 472 g/mol. The average molecular weight is 495 g/mol. The molecule has 3 aromatic rings. The van der Waals surface area contributed by atoms with Gasteiger partial charge in [-0.2, -0.15) is 4.98 Å². The van der Waals surface area contributed by atoms with Crippen LogP contribution in [0, 0.1) is 0 Å². The van der Waals surface area contributed by atoms with E-state index in [4.69, 9.17) is 16.1 Å². The molecule has 1 aromatic carbocycles. The maximum Gasteiger partial charge on any atom is 0.251 e. The molecule has 1 aliphatic rings. The SMILES string of the molecule is O=C(NCCCCCc1nc(-c2cccs2)no1)c1ccc(Cl)c(S(=O)(=O)NC2CC2)c1. The highest BCUT2D eigenvalue weighted by atomic mass is 35.5. The summed E-state index contributed by atoms with van der Waals surface area (Å²) < 4.78 is 32.8. The average Bonchev–Trinajstić information content (AvgIpc) is 3.21. The van der Waals surface area contributed by atoms with Gasteiger partial charge in [-0.25, -0.2) is 13.1 Å². The van der Waals surface area contributed by atoms with E-state index in [-0.39, 0.29) is 27.4 Å². The largest absolute Gasteiger partial charge is 0.352 e. The first-order valence-electron chi connectivity index (χ1n) is 10.4. The smallest absolute Gasteiger partial charge is 0.251 e. The minimum atomic E-state index is -3.74. The molecule has 2 aromatic heterocycles. The number of amides is 1. The summed E-state index contributed by atoms with van der Waals surface area (Å²) >= 11 is 7.63. The Hall–Kier alpha value is -2.27. The molecule has 0 radical (unpaired) electrons. The molecule has 0 bridgehead atoms. The Morgan fingerprint density at radius 3 is 2.81 bits per heavy atom. The van der Waals surface area contributed by atoms with Gasteiger partial charge in [0.25, 0.3) is 5.91 Å². The van der Waals surface area contributed by atoms with Crippen LogP contribution in [-0.4, -0.2) is 37.1 Å². The number of hydrogen-bond donors (Lipinski definition) is 2. The van der Waals surface area contributed by atoms with E-state index in [1.807, 2.05) is 17.5 Å². The van der Waals surface area contributed by atoms with E-state index in [2.05, 4.69) is 20.2 Å². The number of halogens is 1. The van der Waals surface area contributed by atoms with E-state index in [9.17, 15) is 13.2 Å². The van der Waals surface area contributed by atoms with Gasteiger partial charge >= 0.3 is 0 Å². The van der Waals surface area contributed by atoms with Crippen molar-refractivity contribution in [3.05, 3.63) is 52.2 Å². The molecule has 8 nitrogen and oxygen atoms in total. The Morgan fingerprint density at radius 2 is 2.06 bits per heavy atom. The van der Waals surface area contributed by atoms with Crippen LogP contribution in [0.25, 0.3) is 10.7 Å². The third-order valence-corrected chi connectivity index (χ3v) is 7.81. The van der Waals surface area contributed by atoms with Gasteiger partial charge in [-0.1, -0.05) is 29.2 Å². The van der Waals surface area contributed by atoms with Crippen LogP contribution >= 0.6 is 22.9 Å². The predicted molar refractivity (Wildman–Crippen MR) is 122 cm³/mol. The molecule has 2 N–H and O–H groups in total. The summed E-state index contributed by atoms with van der Waals surface area (Å²) in [7, 11) is -3.74. The van der Waals surface area contributed by atoms with Gasteiger partial charge in [0.2, 0.25) is 21.7 Å². The van der Waals surface area contributed by atoms with E-state index in [0.29, 0.717) is 24.7 Å². The van der Waals surface area contributed by atoms with E-state index in [0.717, 1.165) is 37.0 Å². The number of hydrogen-bond acceptors (Lipinski definition) is 7. The van der Waals surface area contributed by atoms with Crippen molar-refractivity contribution in [2.45, 2.75) is 49.5 Å². The van der Waals surface area contributed by atoms with Crippen LogP contribution in [0.5, 0.6) is 0 Å². The Labute approximate surface area is 195 Å². The standard InChI is InChI=1S/C21H23ClN4O4S2/c22-16-10-7-14(13-18(16)32(28,29)26-15-8-9-15)21(27)23-11-3-1-2-6-19-24-20(25-30-19)17-5-4-12-31-17/h4-5,7,10,12-13,15,26H,1-3,6,8-9,11H2,(H,23,27). The lowest BCUT2D eigenvalue weighted by molar-refractivity contribution is 0.0952. The molecule has 4 rings (SSSR count). The van der Waals surface area contributed by atoms with Crippen LogP contribution < -0.4 is 10.0 Å². The maximum absolute atomic E-state index is 12.5. The molecule has 1 fully saturated rings. The van der Waals surface area contributed by atoms with E-state index in [1.165, 1.54) is 18.2 Å². The van der Waals surface area contributed by atoms with Crippen molar-refractivity contribution in [1.29, 1.82) is 0 Å². The lowest BCUT2D eigenvalue weighted by Crippen LogP contribution is -2.27. The normalized spacial score (nSPS) is 13.9. The molecule has 32 heavy (non-hydrogen) atoms. The van der Waals surface area contributed by atoms with E-state index < -0.39 is 10.0 Å². The summed E-state index contributed by atoms with van der Waals surface area (Å²) in [5, 5.41) is 8.88. The number of unbranched alkanes of at least 4 members (excludes halogenated alkanes) is 2. The lowest BCUT2D eigenvalue weighted by Gasteiger charge is -2.10. The zero-order chi connectivity index (χ0) is 22.6. The Bertz CT molecular complexity index is 1170. The van der Waals surface area contributed by atoms with Crippen LogP contribution in [0.2, 0.25) is 5.02 Å². The topological polar surface area (TPSA) is 114 Å². The summed E-state index contributed by atoms with van der Waals surface area (Å²) in [6.07, 6.45) is 4.83. The molecule has 11 heteroatoms.